The van der Waals surface area contributed by atoms with Gasteiger partial charge in [-0.3, -0.25) is 0 Å². The maximum absolute atomic E-state index is 10.8. The average Bonchev–Trinajstić information content (AvgIpc) is 2.67. The van der Waals surface area contributed by atoms with Crippen molar-refractivity contribution in [2.45, 2.75) is 0 Å². The van der Waals surface area contributed by atoms with Crippen LogP contribution in [0.5, 0.6) is 0 Å². The van der Waals surface area contributed by atoms with Crippen molar-refractivity contribution in [2.24, 2.45) is 5.16 Å². The molecule has 3 rings (SSSR count). The van der Waals surface area contributed by atoms with Crippen LogP contribution >= 0.6 is 0 Å². The van der Waals surface area contributed by atoms with Crippen molar-refractivity contribution in [3.05, 3.63) is 96.1 Å². The zero-order valence-corrected chi connectivity index (χ0v) is 14.0. The van der Waals surface area contributed by atoms with Crippen molar-refractivity contribution >= 4 is 23.1 Å². The summed E-state index contributed by atoms with van der Waals surface area (Å²) in [6, 6.07) is 27.0. The number of carboxylic acid groups (broad SMARTS) is 1. The maximum Gasteiger partial charge on any atom is 0.344 e. The third-order valence-corrected chi connectivity index (χ3v) is 3.63. The summed E-state index contributed by atoms with van der Waals surface area (Å²) >= 11 is 0. The third-order valence-electron chi connectivity index (χ3n) is 3.63. The lowest BCUT2D eigenvalue weighted by Crippen LogP contribution is -2.10. The average molecular weight is 346 g/mol. The van der Waals surface area contributed by atoms with E-state index in [9.17, 15) is 4.79 Å². The molecule has 0 atom stereocenters. The molecule has 0 radical (unpaired) electrons. The molecule has 5 heteroatoms. The maximum atomic E-state index is 10.8. The van der Waals surface area contributed by atoms with Gasteiger partial charge in [0.05, 0.1) is 0 Å². The van der Waals surface area contributed by atoms with Crippen LogP contribution in [0.25, 0.3) is 0 Å². The first-order valence-electron chi connectivity index (χ1n) is 8.12. The van der Waals surface area contributed by atoms with Crippen LogP contribution in [0.4, 0.5) is 11.4 Å². The van der Waals surface area contributed by atoms with E-state index in [1.54, 1.807) is 0 Å². The van der Waals surface area contributed by atoms with E-state index in [0.29, 0.717) is 5.71 Å². The zero-order valence-electron chi connectivity index (χ0n) is 14.0. The van der Waals surface area contributed by atoms with Crippen molar-refractivity contribution < 1.29 is 14.7 Å². The van der Waals surface area contributed by atoms with Crippen LogP contribution < -0.4 is 5.32 Å². The summed E-state index contributed by atoms with van der Waals surface area (Å²) in [5.41, 5.74) is 4.00. The van der Waals surface area contributed by atoms with Crippen molar-refractivity contribution in [1.82, 2.24) is 0 Å². The zero-order chi connectivity index (χ0) is 18.2. The van der Waals surface area contributed by atoms with Crippen LogP contribution in [-0.2, 0) is 9.63 Å². The Bertz CT molecular complexity index is 893. The number of nitrogens with one attached hydrogen (secondary N) is 1. The van der Waals surface area contributed by atoms with E-state index in [1.807, 2.05) is 84.9 Å². The van der Waals surface area contributed by atoms with Gasteiger partial charge in [-0.25, -0.2) is 4.79 Å². The normalized spacial score (nSPS) is 11.0. The smallest absolute Gasteiger partial charge is 0.344 e. The van der Waals surface area contributed by atoms with Crippen LogP contribution in [0.15, 0.2) is 90.1 Å². The van der Waals surface area contributed by atoms with Gasteiger partial charge in [-0.1, -0.05) is 71.9 Å². The molecule has 3 aromatic carbocycles. The van der Waals surface area contributed by atoms with Gasteiger partial charge in [0.25, 0.3) is 0 Å². The Morgan fingerprint density at radius 3 is 2.19 bits per heavy atom. The van der Waals surface area contributed by atoms with Crippen LogP contribution in [0.3, 0.4) is 0 Å². The van der Waals surface area contributed by atoms with Gasteiger partial charge in [0.2, 0.25) is 6.61 Å². The van der Waals surface area contributed by atoms with Gasteiger partial charge in [0.1, 0.15) is 5.71 Å². The molecular formula is C21H18N2O3. The number of carbonyl (C=O) groups is 1. The molecule has 3 aromatic rings. The van der Waals surface area contributed by atoms with Crippen molar-refractivity contribution in [3.63, 3.8) is 0 Å². The standard InChI is InChI=1S/C21H18N2O3/c24-20(25)15-26-23-21(16-9-3-1-4-10-16)18-13-7-8-14-19(18)22-17-11-5-2-6-12-17/h1-14,22H,15H2,(H,24,25)/b23-21+. The second-order valence-electron chi connectivity index (χ2n) is 5.51. The minimum Gasteiger partial charge on any atom is -0.479 e. The number of hydrogen-bond donors (Lipinski definition) is 2. The lowest BCUT2D eigenvalue weighted by atomic mass is 10.0. The van der Waals surface area contributed by atoms with Crippen molar-refractivity contribution in [1.29, 1.82) is 0 Å². The van der Waals surface area contributed by atoms with E-state index in [0.717, 1.165) is 22.5 Å². The molecule has 130 valence electrons. The molecular weight excluding hydrogens is 328 g/mol. The first-order valence-corrected chi connectivity index (χ1v) is 8.12. The number of aliphatic carboxylic acids is 1. The Kier molecular flexibility index (Phi) is 5.62. The molecule has 26 heavy (non-hydrogen) atoms. The molecule has 0 heterocycles. The fraction of sp³-hybridized carbons (Fsp3) is 0.0476. The number of anilines is 2. The molecule has 2 N–H and O–H groups in total. The molecule has 0 aliphatic rings. The number of nitrogens with zero attached hydrogens (tertiary/aromatic N) is 1. The molecule has 0 aliphatic carbocycles. The number of carboxylic acids is 1. The molecule has 0 saturated carbocycles. The SMILES string of the molecule is O=C(O)CO/N=C(\c1ccccc1)c1ccccc1Nc1ccccc1. The number of oxime groups is 1. The molecule has 0 spiro atoms. The summed E-state index contributed by atoms with van der Waals surface area (Å²) < 4.78 is 0. The largest absolute Gasteiger partial charge is 0.479 e. The summed E-state index contributed by atoms with van der Waals surface area (Å²) in [5, 5.41) is 16.3. The first-order chi connectivity index (χ1) is 12.7. The number of para-hydroxylation sites is 2. The highest BCUT2D eigenvalue weighted by Gasteiger charge is 2.13. The summed E-state index contributed by atoms with van der Waals surface area (Å²) in [5.74, 6) is -1.07. The van der Waals surface area contributed by atoms with Gasteiger partial charge < -0.3 is 15.3 Å². The monoisotopic (exact) mass is 346 g/mol. The Morgan fingerprint density at radius 2 is 1.50 bits per heavy atom. The lowest BCUT2D eigenvalue weighted by molar-refractivity contribution is -0.142. The van der Waals surface area contributed by atoms with Gasteiger partial charge in [-0.15, -0.1) is 0 Å². The summed E-state index contributed by atoms with van der Waals surface area (Å²) in [7, 11) is 0. The van der Waals surface area contributed by atoms with E-state index in [-0.39, 0.29) is 0 Å². The summed E-state index contributed by atoms with van der Waals surface area (Å²) in [4.78, 5) is 15.8. The molecule has 0 bridgehead atoms. The summed E-state index contributed by atoms with van der Waals surface area (Å²) in [6.07, 6.45) is 0. The van der Waals surface area contributed by atoms with Gasteiger partial charge in [0, 0.05) is 22.5 Å². The van der Waals surface area contributed by atoms with E-state index in [1.165, 1.54) is 0 Å². The van der Waals surface area contributed by atoms with Crippen molar-refractivity contribution in [2.75, 3.05) is 11.9 Å². The minimum absolute atomic E-state index is 0.495. The third kappa shape index (κ3) is 4.48. The van der Waals surface area contributed by atoms with Gasteiger partial charge in [0.15, 0.2) is 0 Å². The molecule has 0 unspecified atom stereocenters. The van der Waals surface area contributed by atoms with Gasteiger partial charge in [-0.05, 0) is 18.2 Å². The Labute approximate surface area is 151 Å². The quantitative estimate of drug-likeness (QED) is 0.495. The number of benzene rings is 3. The van der Waals surface area contributed by atoms with Gasteiger partial charge in [-0.2, -0.15) is 0 Å². The predicted octanol–water partition coefficient (Wildman–Crippen LogP) is 4.28. The number of rotatable bonds is 7. The lowest BCUT2D eigenvalue weighted by Gasteiger charge is -2.14. The van der Waals surface area contributed by atoms with Crippen molar-refractivity contribution in [3.8, 4) is 0 Å². The molecule has 5 nitrogen and oxygen atoms in total. The Morgan fingerprint density at radius 1 is 0.885 bits per heavy atom. The topological polar surface area (TPSA) is 70.9 Å². The van der Waals surface area contributed by atoms with E-state index in [4.69, 9.17) is 9.94 Å². The van der Waals surface area contributed by atoms with Crippen LogP contribution in [0, 0.1) is 0 Å². The number of hydrogen-bond acceptors (Lipinski definition) is 4. The Hall–Kier alpha value is -3.60. The van der Waals surface area contributed by atoms with E-state index < -0.39 is 12.6 Å². The highest BCUT2D eigenvalue weighted by molar-refractivity contribution is 6.15. The molecule has 0 amide bonds. The second-order valence-corrected chi connectivity index (χ2v) is 5.51. The second kappa shape index (κ2) is 8.48. The highest BCUT2D eigenvalue weighted by atomic mass is 16.6. The van der Waals surface area contributed by atoms with E-state index >= 15 is 0 Å². The highest BCUT2D eigenvalue weighted by Crippen LogP contribution is 2.24. The van der Waals surface area contributed by atoms with Crippen LogP contribution in [0.2, 0.25) is 0 Å². The van der Waals surface area contributed by atoms with Crippen LogP contribution in [0.1, 0.15) is 11.1 Å². The molecule has 0 aliphatic heterocycles. The molecule has 0 saturated heterocycles. The van der Waals surface area contributed by atoms with Crippen LogP contribution in [-0.4, -0.2) is 23.4 Å². The Balaban J connectivity index is 2.00. The predicted molar refractivity (Wildman–Crippen MR) is 102 cm³/mol. The minimum atomic E-state index is -1.07. The molecule has 0 aromatic heterocycles. The van der Waals surface area contributed by atoms with Gasteiger partial charge >= 0.3 is 5.97 Å². The van der Waals surface area contributed by atoms with E-state index in [2.05, 4.69) is 10.5 Å². The fourth-order valence-corrected chi connectivity index (χ4v) is 2.48. The molecule has 0 fully saturated rings. The first kappa shape index (κ1) is 17.2. The fourth-order valence-electron chi connectivity index (χ4n) is 2.48. The summed E-state index contributed by atoms with van der Waals surface area (Å²) in [6.45, 7) is -0.495.